The van der Waals surface area contributed by atoms with E-state index in [1.165, 1.54) is 62.9 Å². The van der Waals surface area contributed by atoms with Gasteiger partial charge in [-0.2, -0.15) is 0 Å². The van der Waals surface area contributed by atoms with Crippen LogP contribution in [-0.2, 0) is 50.2 Å². The molecule has 0 aliphatic rings. The quantitative estimate of drug-likeness (QED) is 0.0161. The number of Topliss-reactive ketones (excluding diaryl/α,β-unsaturated/α-hetero) is 3. The summed E-state index contributed by atoms with van der Waals surface area (Å²) in [5, 5.41) is 38.4. The van der Waals surface area contributed by atoms with Gasteiger partial charge in [-0.25, -0.2) is 18.6 Å². The molecule has 17 aromatic rings. The summed E-state index contributed by atoms with van der Waals surface area (Å²) in [5.41, 5.74) is 12.6. The van der Waals surface area contributed by atoms with Crippen molar-refractivity contribution in [3.8, 4) is 44.5 Å². The molecule has 130 heavy (non-hydrogen) atoms. The van der Waals surface area contributed by atoms with Crippen LogP contribution in [0.5, 0.6) is 0 Å². The number of aromatic nitrogens is 9. The van der Waals surface area contributed by atoms with Gasteiger partial charge in [-0.3, -0.25) is 63.9 Å². The number of methoxy groups -OCH3 is 1. The molecule has 0 atom stereocenters. The standard InChI is InChI=1S/C26H20ClN3O2.C25H22FN3O5.C24H20ClN3O4.C24H20FN3O4/c1-15-9-10-22-20(12-15)23(19-7-5-11-28-26(19)32)24(16(2)31)30(22)14-18-13-17-6-3-4-8-21(17)29-25(18)27;1-4-15-6-10-21-19(11-15)22(18-8-5-14(2)27-24(18)30)23(25(31)34-3)28(21)13-16-12-17(29(32)33)7-9-20(16)26;2*1-3-15-6-9-21-19(11-15)22(18-5-4-10-26-24(18)30)23(14(2)29)27(21)13-16-12-17(28(31)32)7-8-20(16)25/h3-13H,14H2,1-2H3,(H,28,32);5-12H,4,13H2,1-3H3,(H,27,30);2*4-12H,3,13H2,1-2H3,(H,26,30). The number of carbonyl (C=O) groups is 4. The van der Waals surface area contributed by atoms with Gasteiger partial charge < -0.3 is 42.9 Å². The first-order chi connectivity index (χ1) is 62.3. The van der Waals surface area contributed by atoms with Crippen molar-refractivity contribution in [1.82, 2.24) is 43.2 Å². The normalized spacial score (nSPS) is 11.1. The summed E-state index contributed by atoms with van der Waals surface area (Å²) in [4.78, 5) is 150. The Kier molecular flexibility index (Phi) is 26.6. The molecule has 0 aliphatic carbocycles. The van der Waals surface area contributed by atoms with Crippen molar-refractivity contribution in [3.05, 3.63) is 391 Å². The smallest absolute Gasteiger partial charge is 0.355 e. The van der Waals surface area contributed by atoms with Crippen LogP contribution in [0.4, 0.5) is 25.8 Å². The number of nitrogens with one attached hydrogen (secondary N) is 4. The minimum atomic E-state index is -0.713. The Morgan fingerprint density at radius 2 is 0.785 bits per heavy atom. The van der Waals surface area contributed by atoms with E-state index >= 15 is 0 Å². The lowest BCUT2D eigenvalue weighted by atomic mass is 10.00. The number of non-ortho nitro benzene ring substituents is 3. The lowest BCUT2D eigenvalue weighted by molar-refractivity contribution is -0.385. The molecule has 0 bridgehead atoms. The van der Waals surface area contributed by atoms with Gasteiger partial charge in [0.1, 0.15) is 22.5 Å². The number of pyridine rings is 5. The van der Waals surface area contributed by atoms with Crippen molar-refractivity contribution in [2.24, 2.45) is 0 Å². The number of halogens is 4. The van der Waals surface area contributed by atoms with Gasteiger partial charge in [0.25, 0.3) is 39.3 Å². The van der Waals surface area contributed by atoms with Crippen molar-refractivity contribution >= 4 is 118 Å². The van der Waals surface area contributed by atoms with Gasteiger partial charge in [-0.1, -0.05) is 92.0 Å². The summed E-state index contributed by atoms with van der Waals surface area (Å²) in [6.07, 6.45) is 6.90. The average Bonchev–Trinajstić information content (AvgIpc) is 1.60. The second kappa shape index (κ2) is 38.2. The molecule has 0 amide bonds. The Morgan fingerprint density at radius 3 is 1.18 bits per heavy atom. The van der Waals surface area contributed by atoms with E-state index in [4.69, 9.17) is 27.9 Å². The van der Waals surface area contributed by atoms with Crippen LogP contribution in [0.2, 0.25) is 10.2 Å². The highest BCUT2D eigenvalue weighted by Gasteiger charge is 2.32. The van der Waals surface area contributed by atoms with Gasteiger partial charge in [0.05, 0.1) is 76.2 Å². The average molecular weight is 1790 g/mol. The molecule has 0 fully saturated rings. The molecule has 0 aliphatic heterocycles. The number of aryl methyl sites for hydroxylation is 5. The number of hydrogen-bond acceptors (Lipinski definition) is 16. The molecular weight excluding hydrogens is 1710 g/mol. The van der Waals surface area contributed by atoms with Gasteiger partial charge in [-0.05, 0) is 183 Å². The van der Waals surface area contributed by atoms with Crippen LogP contribution in [0.25, 0.3) is 99.0 Å². The number of nitro groups is 3. The number of aromatic amines is 4. The van der Waals surface area contributed by atoms with Crippen LogP contribution in [-0.4, -0.2) is 88.4 Å². The summed E-state index contributed by atoms with van der Waals surface area (Å²) >= 11 is 12.9. The molecule has 0 saturated carbocycles. The van der Waals surface area contributed by atoms with E-state index in [1.54, 1.807) is 83.0 Å². The van der Waals surface area contributed by atoms with E-state index in [0.717, 1.165) is 110 Å². The minimum Gasteiger partial charge on any atom is -0.464 e. The van der Waals surface area contributed by atoms with E-state index in [1.807, 2.05) is 129 Å². The number of H-pyrrole nitrogens is 4. The second-order valence-corrected chi connectivity index (χ2v) is 31.7. The van der Waals surface area contributed by atoms with Crippen molar-refractivity contribution in [1.29, 1.82) is 0 Å². The highest BCUT2D eigenvalue weighted by atomic mass is 35.5. The van der Waals surface area contributed by atoms with E-state index in [-0.39, 0.29) is 104 Å². The first-order valence-corrected chi connectivity index (χ1v) is 41.8. The summed E-state index contributed by atoms with van der Waals surface area (Å²) in [6, 6.07) is 57.2. The first-order valence-electron chi connectivity index (χ1n) is 41.1. The van der Waals surface area contributed by atoms with Crippen molar-refractivity contribution in [3.63, 3.8) is 0 Å². The Bertz CT molecular complexity index is 7550. The summed E-state index contributed by atoms with van der Waals surface area (Å²) in [6.45, 7) is 14.3. The number of ketones is 3. The molecule has 8 aromatic carbocycles. The summed E-state index contributed by atoms with van der Waals surface area (Å²) in [5.74, 6) is -2.63. The second-order valence-electron chi connectivity index (χ2n) is 30.9. The van der Waals surface area contributed by atoms with Crippen molar-refractivity contribution in [2.75, 3.05) is 7.11 Å². The van der Waals surface area contributed by atoms with Crippen molar-refractivity contribution < 1.29 is 47.5 Å². The topological polar surface area (TPSA) is 371 Å². The van der Waals surface area contributed by atoms with Gasteiger partial charge in [0.15, 0.2) is 17.3 Å². The number of benzene rings is 8. The van der Waals surface area contributed by atoms with E-state index < -0.39 is 32.4 Å². The maximum atomic E-state index is 14.7. The largest absolute Gasteiger partial charge is 0.464 e. The number of hydrogen-bond donors (Lipinski definition) is 4. The summed E-state index contributed by atoms with van der Waals surface area (Å²) < 4.78 is 41.2. The maximum Gasteiger partial charge on any atom is 0.355 e. The zero-order valence-corrected chi connectivity index (χ0v) is 73.0. The number of carbonyl (C=O) groups excluding carboxylic acids is 4. The monoisotopic (exact) mass is 1790 g/mol. The van der Waals surface area contributed by atoms with Gasteiger partial charge in [0.2, 0.25) is 0 Å². The third-order valence-corrected chi connectivity index (χ3v) is 23.3. The van der Waals surface area contributed by atoms with Crippen LogP contribution in [0.15, 0.2) is 244 Å². The number of rotatable bonds is 22. The Hall–Kier alpha value is -15.8. The molecule has 9 aromatic heterocycles. The minimum absolute atomic E-state index is 0.0280. The van der Waals surface area contributed by atoms with Crippen LogP contribution >= 0.6 is 23.2 Å². The fourth-order valence-electron chi connectivity index (χ4n) is 16.4. The number of esters is 1. The van der Waals surface area contributed by atoms with E-state index in [0.29, 0.717) is 100 Å². The predicted molar refractivity (Wildman–Crippen MR) is 498 cm³/mol. The third-order valence-electron chi connectivity index (χ3n) is 22.6. The lowest BCUT2D eigenvalue weighted by Gasteiger charge is -2.12. The molecule has 656 valence electrons. The lowest BCUT2D eigenvalue weighted by Crippen LogP contribution is -2.16. The maximum absolute atomic E-state index is 14.7. The van der Waals surface area contributed by atoms with Crippen molar-refractivity contribution in [2.45, 2.75) is 101 Å². The number of nitrogens with zero attached hydrogens (tertiary/aromatic N) is 8. The number of nitro benzene ring substituents is 3. The first kappa shape index (κ1) is 90.5. The van der Waals surface area contributed by atoms with E-state index in [2.05, 4.69) is 24.9 Å². The van der Waals surface area contributed by atoms with Crippen LogP contribution < -0.4 is 22.2 Å². The molecule has 31 heteroatoms. The molecule has 0 saturated heterocycles. The number of fused-ring (bicyclic) bond motifs is 5. The molecule has 0 spiro atoms. The molecule has 0 radical (unpaired) electrons. The van der Waals surface area contributed by atoms with Gasteiger partial charge in [0, 0.05) is 191 Å². The van der Waals surface area contributed by atoms with Gasteiger partial charge >= 0.3 is 5.97 Å². The van der Waals surface area contributed by atoms with E-state index in [9.17, 15) is 77.5 Å². The highest BCUT2D eigenvalue weighted by molar-refractivity contribution is 6.31. The Morgan fingerprint density at radius 1 is 0.415 bits per heavy atom. The zero-order chi connectivity index (χ0) is 93.0. The zero-order valence-electron chi connectivity index (χ0n) is 71.5. The molecule has 4 N–H and O–H groups in total. The molecular formula is C99H82Cl2F2N12O15. The third kappa shape index (κ3) is 18.2. The Labute approximate surface area is 748 Å². The Balaban J connectivity index is 0.000000140. The van der Waals surface area contributed by atoms with Gasteiger partial charge in [-0.15, -0.1) is 0 Å². The number of ether oxygens (including phenoxy) is 1. The predicted octanol–water partition coefficient (Wildman–Crippen LogP) is 20.7. The highest BCUT2D eigenvalue weighted by Crippen LogP contribution is 2.42. The fraction of sp³-hybridized carbons (Fsp3) is 0.162. The SMILES string of the molecule is CC(=O)c1c(-c2ccc[nH]c2=O)c2cc(C)ccc2n1Cc1cc2ccccc2nc1Cl.CCc1ccc2c(c1)c(-c1ccc(C)[nH]c1=O)c(C(=O)OC)n2Cc1cc([N+](=O)[O-])ccc1F.CCc1ccc2c(c1)c(-c1ccc[nH]c1=O)c(C(C)=O)n2Cc1cc([N+](=O)[O-])ccc1Cl.CCc1ccc2c(c1)c(-c1ccc[nH]c1=O)c(C(C)=O)n2Cc1cc([N+](=O)[O-])ccc1F. The molecule has 17 rings (SSSR count). The molecule has 9 heterocycles. The molecule has 27 nitrogen and oxygen atoms in total. The number of para-hydroxylation sites is 1. The molecule has 0 unspecified atom stereocenters. The van der Waals surface area contributed by atoms with Crippen LogP contribution in [0.3, 0.4) is 0 Å². The van der Waals surface area contributed by atoms with Crippen LogP contribution in [0.1, 0.15) is 134 Å². The fourth-order valence-corrected chi connectivity index (χ4v) is 16.8. The summed E-state index contributed by atoms with van der Waals surface area (Å²) in [7, 11) is 1.22. The van der Waals surface area contributed by atoms with Crippen LogP contribution in [0, 0.1) is 55.8 Å².